The van der Waals surface area contributed by atoms with E-state index >= 15 is 0 Å². The van der Waals surface area contributed by atoms with Crippen LogP contribution in [0.25, 0.3) is 0 Å². The summed E-state index contributed by atoms with van der Waals surface area (Å²) >= 11 is 0. The van der Waals surface area contributed by atoms with Gasteiger partial charge in [-0.05, 0) is 12.8 Å². The summed E-state index contributed by atoms with van der Waals surface area (Å²) in [5.74, 6) is 1.72. The molecule has 2 N–H and O–H groups in total. The second-order valence-corrected chi connectivity index (χ2v) is 3.32. The van der Waals surface area contributed by atoms with E-state index in [1.54, 1.807) is 0 Å². The lowest BCUT2D eigenvalue weighted by molar-refractivity contribution is 0.105. The Balaban J connectivity index is 2.27. The van der Waals surface area contributed by atoms with Gasteiger partial charge >= 0.3 is 0 Å². The largest absolute Gasteiger partial charge is 0.370 e. The predicted octanol–water partition coefficient (Wildman–Crippen LogP) is 0.868. The quantitative estimate of drug-likeness (QED) is 0.756. The molecule has 0 amide bonds. The standard InChI is InChI=1S/C9H14N4O/c1-2-7-11-8(13-9(10)12-7)6-4-3-5-14-6/h6H,2-5H2,1H3,(H2,10,11,12,13). The molecule has 2 rings (SSSR count). The molecule has 0 bridgehead atoms. The molecule has 5 nitrogen and oxygen atoms in total. The lowest BCUT2D eigenvalue weighted by atomic mass is 10.2. The van der Waals surface area contributed by atoms with E-state index in [0.29, 0.717) is 11.8 Å². The van der Waals surface area contributed by atoms with Crippen LogP contribution in [0.2, 0.25) is 0 Å². The van der Waals surface area contributed by atoms with E-state index in [-0.39, 0.29) is 6.10 Å². The van der Waals surface area contributed by atoms with Crippen molar-refractivity contribution in [3.8, 4) is 0 Å². The normalized spacial score (nSPS) is 21.4. The predicted molar refractivity (Wildman–Crippen MR) is 51.5 cm³/mol. The lowest BCUT2D eigenvalue weighted by Crippen LogP contribution is -2.10. The molecule has 5 heteroatoms. The molecule has 1 aromatic rings. The van der Waals surface area contributed by atoms with E-state index in [1.807, 2.05) is 6.92 Å². The van der Waals surface area contributed by atoms with Crippen LogP contribution in [0.1, 0.15) is 37.5 Å². The van der Waals surface area contributed by atoms with Gasteiger partial charge in [-0.1, -0.05) is 6.92 Å². The highest BCUT2D eigenvalue weighted by Crippen LogP contribution is 2.25. The molecule has 1 aliphatic rings. The van der Waals surface area contributed by atoms with Gasteiger partial charge in [0.1, 0.15) is 11.9 Å². The molecule has 1 aliphatic heterocycles. The summed E-state index contributed by atoms with van der Waals surface area (Å²) in [5.41, 5.74) is 5.58. The summed E-state index contributed by atoms with van der Waals surface area (Å²) in [6.45, 7) is 2.78. The van der Waals surface area contributed by atoms with Crippen LogP contribution in [0.5, 0.6) is 0 Å². The molecule has 0 spiro atoms. The second kappa shape index (κ2) is 3.88. The number of aryl methyl sites for hydroxylation is 1. The van der Waals surface area contributed by atoms with Crippen molar-refractivity contribution >= 4 is 5.95 Å². The molecule has 1 unspecified atom stereocenters. The fourth-order valence-corrected chi connectivity index (χ4v) is 1.54. The van der Waals surface area contributed by atoms with Gasteiger partial charge in [0.05, 0.1) is 0 Å². The zero-order valence-corrected chi connectivity index (χ0v) is 8.23. The monoisotopic (exact) mass is 194 g/mol. The summed E-state index contributed by atoms with van der Waals surface area (Å²) in [6, 6.07) is 0. The van der Waals surface area contributed by atoms with Crippen LogP contribution < -0.4 is 5.73 Å². The van der Waals surface area contributed by atoms with E-state index < -0.39 is 0 Å². The first-order valence-corrected chi connectivity index (χ1v) is 4.91. The first-order chi connectivity index (χ1) is 6.79. The smallest absolute Gasteiger partial charge is 0.223 e. The zero-order valence-electron chi connectivity index (χ0n) is 8.23. The van der Waals surface area contributed by atoms with Crippen LogP contribution in [0.3, 0.4) is 0 Å². The van der Waals surface area contributed by atoms with Gasteiger partial charge in [0.25, 0.3) is 0 Å². The Kier molecular flexibility index (Phi) is 2.58. The number of ether oxygens (including phenoxy) is 1. The SMILES string of the molecule is CCc1nc(N)nc(C2CCCO2)n1. The summed E-state index contributed by atoms with van der Waals surface area (Å²) in [7, 11) is 0. The Morgan fingerprint density at radius 2 is 2.29 bits per heavy atom. The van der Waals surface area contributed by atoms with Crippen LogP contribution >= 0.6 is 0 Å². The fraction of sp³-hybridized carbons (Fsp3) is 0.667. The molecule has 1 aromatic heterocycles. The average Bonchev–Trinajstić information content (AvgIpc) is 2.69. The van der Waals surface area contributed by atoms with Crippen LogP contribution in [-0.2, 0) is 11.2 Å². The first kappa shape index (κ1) is 9.33. The number of aromatic nitrogens is 3. The van der Waals surface area contributed by atoms with Crippen molar-refractivity contribution in [2.75, 3.05) is 12.3 Å². The van der Waals surface area contributed by atoms with Gasteiger partial charge in [-0.3, -0.25) is 0 Å². The summed E-state index contributed by atoms with van der Waals surface area (Å²) < 4.78 is 5.49. The van der Waals surface area contributed by atoms with Crippen molar-refractivity contribution in [2.24, 2.45) is 0 Å². The zero-order chi connectivity index (χ0) is 9.97. The minimum atomic E-state index is 0.0191. The maximum atomic E-state index is 5.58. The third-order valence-electron chi connectivity index (χ3n) is 2.25. The Hall–Kier alpha value is -1.23. The Labute approximate surface area is 82.7 Å². The number of hydrogen-bond donors (Lipinski definition) is 1. The molecular formula is C9H14N4O. The van der Waals surface area contributed by atoms with Crippen molar-refractivity contribution in [3.05, 3.63) is 11.6 Å². The molecule has 1 atom stereocenters. The fourth-order valence-electron chi connectivity index (χ4n) is 1.54. The first-order valence-electron chi connectivity index (χ1n) is 4.91. The van der Waals surface area contributed by atoms with Crippen LogP contribution in [0.15, 0.2) is 0 Å². The van der Waals surface area contributed by atoms with Gasteiger partial charge in [0.2, 0.25) is 5.95 Å². The number of hydrogen-bond acceptors (Lipinski definition) is 5. The number of nitrogens with two attached hydrogens (primary N) is 1. The molecule has 1 saturated heterocycles. The van der Waals surface area contributed by atoms with Crippen molar-refractivity contribution in [2.45, 2.75) is 32.3 Å². The lowest BCUT2D eigenvalue weighted by Gasteiger charge is -2.08. The van der Waals surface area contributed by atoms with Gasteiger partial charge in [-0.15, -0.1) is 0 Å². The highest BCUT2D eigenvalue weighted by Gasteiger charge is 2.21. The molecule has 76 valence electrons. The summed E-state index contributed by atoms with van der Waals surface area (Å²) in [4.78, 5) is 12.4. The van der Waals surface area contributed by atoms with E-state index in [4.69, 9.17) is 10.5 Å². The van der Waals surface area contributed by atoms with Gasteiger partial charge < -0.3 is 10.5 Å². The topological polar surface area (TPSA) is 73.9 Å². The third-order valence-corrected chi connectivity index (χ3v) is 2.25. The molecule has 0 aromatic carbocycles. The number of nitrogen functional groups attached to an aromatic ring is 1. The van der Waals surface area contributed by atoms with E-state index in [0.717, 1.165) is 31.7 Å². The Morgan fingerprint density at radius 1 is 1.43 bits per heavy atom. The molecule has 2 heterocycles. The van der Waals surface area contributed by atoms with Crippen molar-refractivity contribution in [1.29, 1.82) is 0 Å². The number of rotatable bonds is 2. The molecular weight excluding hydrogens is 180 g/mol. The van der Waals surface area contributed by atoms with Crippen LogP contribution in [-0.4, -0.2) is 21.6 Å². The molecule has 0 saturated carbocycles. The maximum absolute atomic E-state index is 5.58. The van der Waals surface area contributed by atoms with Gasteiger partial charge in [0.15, 0.2) is 5.82 Å². The molecule has 0 aliphatic carbocycles. The average molecular weight is 194 g/mol. The summed E-state index contributed by atoms with van der Waals surface area (Å²) in [5, 5.41) is 0. The minimum absolute atomic E-state index is 0.0191. The third kappa shape index (κ3) is 1.82. The number of anilines is 1. The second-order valence-electron chi connectivity index (χ2n) is 3.32. The maximum Gasteiger partial charge on any atom is 0.223 e. The molecule has 1 fully saturated rings. The molecule has 14 heavy (non-hydrogen) atoms. The van der Waals surface area contributed by atoms with Crippen LogP contribution in [0, 0.1) is 0 Å². The van der Waals surface area contributed by atoms with E-state index in [9.17, 15) is 0 Å². The highest BCUT2D eigenvalue weighted by atomic mass is 16.5. The van der Waals surface area contributed by atoms with Gasteiger partial charge in [0, 0.05) is 13.0 Å². The summed E-state index contributed by atoms with van der Waals surface area (Å²) in [6.07, 6.45) is 2.84. The van der Waals surface area contributed by atoms with Gasteiger partial charge in [-0.25, -0.2) is 4.98 Å². The van der Waals surface area contributed by atoms with Gasteiger partial charge in [-0.2, -0.15) is 9.97 Å². The van der Waals surface area contributed by atoms with Crippen molar-refractivity contribution < 1.29 is 4.74 Å². The van der Waals surface area contributed by atoms with E-state index in [1.165, 1.54) is 0 Å². The van der Waals surface area contributed by atoms with Crippen molar-refractivity contribution in [1.82, 2.24) is 15.0 Å². The Bertz CT molecular complexity index is 323. The van der Waals surface area contributed by atoms with Crippen LogP contribution in [0.4, 0.5) is 5.95 Å². The number of nitrogens with zero attached hydrogens (tertiary/aromatic N) is 3. The Morgan fingerprint density at radius 3 is 2.93 bits per heavy atom. The van der Waals surface area contributed by atoms with Crippen molar-refractivity contribution in [3.63, 3.8) is 0 Å². The minimum Gasteiger partial charge on any atom is -0.370 e. The highest BCUT2D eigenvalue weighted by molar-refractivity contribution is 5.17. The van der Waals surface area contributed by atoms with E-state index in [2.05, 4.69) is 15.0 Å². The molecule has 0 radical (unpaired) electrons.